The van der Waals surface area contributed by atoms with Crippen LogP contribution >= 0.6 is 0 Å². The van der Waals surface area contributed by atoms with Crippen LogP contribution in [0.4, 0.5) is 5.69 Å². The molecule has 2 fully saturated rings. The van der Waals surface area contributed by atoms with Crippen molar-refractivity contribution in [1.29, 1.82) is 0 Å². The smallest absolute Gasteiger partial charge is 0.238 e. The quantitative estimate of drug-likeness (QED) is 0.853. The normalized spacial score (nSPS) is 25.4. The number of nitrogens with one attached hydrogen (secondary N) is 2. The molecule has 20 heavy (non-hydrogen) atoms. The first-order valence-corrected chi connectivity index (χ1v) is 7.12. The van der Waals surface area contributed by atoms with Gasteiger partial charge in [0.2, 0.25) is 5.91 Å². The Labute approximate surface area is 119 Å². The van der Waals surface area contributed by atoms with E-state index in [0.717, 1.165) is 31.9 Å². The van der Waals surface area contributed by atoms with E-state index in [1.54, 1.807) is 7.11 Å². The van der Waals surface area contributed by atoms with Gasteiger partial charge in [-0.3, -0.25) is 9.69 Å². The van der Waals surface area contributed by atoms with E-state index in [-0.39, 0.29) is 5.91 Å². The van der Waals surface area contributed by atoms with Crippen molar-refractivity contribution in [3.63, 3.8) is 0 Å². The largest absolute Gasteiger partial charge is 0.495 e. The van der Waals surface area contributed by atoms with Crippen LogP contribution in [0.3, 0.4) is 0 Å². The maximum atomic E-state index is 12.1. The maximum Gasteiger partial charge on any atom is 0.238 e. The van der Waals surface area contributed by atoms with Gasteiger partial charge in [0.1, 0.15) is 5.75 Å². The summed E-state index contributed by atoms with van der Waals surface area (Å²) < 4.78 is 5.24. The Balaban J connectivity index is 1.55. The minimum atomic E-state index is 0.0300. The van der Waals surface area contributed by atoms with E-state index in [0.29, 0.717) is 24.1 Å². The third kappa shape index (κ3) is 2.78. The van der Waals surface area contributed by atoms with Gasteiger partial charge in [0, 0.05) is 13.1 Å². The monoisotopic (exact) mass is 275 g/mol. The van der Waals surface area contributed by atoms with Crippen LogP contribution in [0, 0.1) is 11.8 Å². The lowest BCUT2D eigenvalue weighted by Crippen LogP contribution is -2.33. The number of fused-ring (bicyclic) bond motifs is 1. The molecule has 108 valence electrons. The summed E-state index contributed by atoms with van der Waals surface area (Å²) in [5.74, 6) is 2.16. The minimum absolute atomic E-state index is 0.0300. The predicted molar refractivity (Wildman–Crippen MR) is 77.9 cm³/mol. The van der Waals surface area contributed by atoms with Gasteiger partial charge in [0.05, 0.1) is 19.3 Å². The number of carbonyl (C=O) groups is 1. The Morgan fingerprint density at radius 3 is 2.75 bits per heavy atom. The summed E-state index contributed by atoms with van der Waals surface area (Å²) >= 11 is 0. The molecule has 1 aromatic carbocycles. The zero-order chi connectivity index (χ0) is 13.9. The predicted octanol–water partition coefficient (Wildman–Crippen LogP) is 0.785. The molecular formula is C15H21N3O2. The van der Waals surface area contributed by atoms with Crippen molar-refractivity contribution in [3.8, 4) is 5.75 Å². The summed E-state index contributed by atoms with van der Waals surface area (Å²) in [6.45, 7) is 4.70. The number of hydrogen-bond acceptors (Lipinski definition) is 4. The fourth-order valence-electron chi connectivity index (χ4n) is 3.22. The van der Waals surface area contributed by atoms with Crippen molar-refractivity contribution in [3.05, 3.63) is 24.3 Å². The summed E-state index contributed by atoms with van der Waals surface area (Å²) in [6, 6.07) is 7.49. The molecule has 3 rings (SSSR count). The van der Waals surface area contributed by atoms with Gasteiger partial charge >= 0.3 is 0 Å². The van der Waals surface area contributed by atoms with Gasteiger partial charge in [-0.2, -0.15) is 0 Å². The average Bonchev–Trinajstić information content (AvgIpc) is 3.00. The summed E-state index contributed by atoms with van der Waals surface area (Å²) in [5, 5.41) is 6.34. The van der Waals surface area contributed by atoms with E-state index < -0.39 is 0 Å². The lowest BCUT2D eigenvalue weighted by Gasteiger charge is -2.17. The molecule has 0 saturated carbocycles. The Morgan fingerprint density at radius 2 is 2.05 bits per heavy atom. The molecule has 5 nitrogen and oxygen atoms in total. The van der Waals surface area contributed by atoms with E-state index in [2.05, 4.69) is 15.5 Å². The number of nitrogens with zero attached hydrogens (tertiary/aromatic N) is 1. The molecular weight excluding hydrogens is 254 g/mol. The molecule has 2 aliphatic heterocycles. The number of rotatable bonds is 4. The lowest BCUT2D eigenvalue weighted by molar-refractivity contribution is -0.117. The average molecular weight is 275 g/mol. The molecule has 5 heteroatoms. The lowest BCUT2D eigenvalue weighted by atomic mass is 10.0. The second-order valence-electron chi connectivity index (χ2n) is 5.62. The van der Waals surface area contributed by atoms with Crippen LogP contribution in [0.5, 0.6) is 5.75 Å². The summed E-state index contributed by atoms with van der Waals surface area (Å²) in [5.41, 5.74) is 0.737. The number of amides is 1. The third-order valence-corrected chi connectivity index (χ3v) is 4.21. The van der Waals surface area contributed by atoms with Gasteiger partial charge in [-0.05, 0) is 37.1 Å². The van der Waals surface area contributed by atoms with Crippen LogP contribution < -0.4 is 15.4 Å². The first-order valence-electron chi connectivity index (χ1n) is 7.12. The van der Waals surface area contributed by atoms with E-state index in [1.807, 2.05) is 24.3 Å². The van der Waals surface area contributed by atoms with E-state index in [1.165, 1.54) is 0 Å². The number of hydrogen-bond donors (Lipinski definition) is 2. The molecule has 2 heterocycles. The first kappa shape index (κ1) is 13.4. The Bertz CT molecular complexity index is 480. The van der Waals surface area contributed by atoms with Gasteiger partial charge in [-0.15, -0.1) is 0 Å². The number of benzene rings is 1. The van der Waals surface area contributed by atoms with Gasteiger partial charge in [-0.25, -0.2) is 0 Å². The molecule has 1 aromatic rings. The summed E-state index contributed by atoms with van der Waals surface area (Å²) in [4.78, 5) is 14.4. The van der Waals surface area contributed by atoms with Gasteiger partial charge < -0.3 is 15.4 Å². The van der Waals surface area contributed by atoms with Crippen molar-refractivity contribution in [2.24, 2.45) is 11.8 Å². The molecule has 2 aliphatic rings. The van der Waals surface area contributed by atoms with Crippen LogP contribution in [0.25, 0.3) is 0 Å². The number of ether oxygens (including phenoxy) is 1. The highest BCUT2D eigenvalue weighted by molar-refractivity contribution is 5.93. The third-order valence-electron chi connectivity index (χ3n) is 4.21. The first-order chi connectivity index (χ1) is 9.76. The zero-order valence-corrected chi connectivity index (χ0v) is 11.8. The second kappa shape index (κ2) is 5.81. The number of carbonyl (C=O) groups excluding carboxylic acids is 1. The van der Waals surface area contributed by atoms with Crippen LogP contribution in [0.1, 0.15) is 0 Å². The zero-order valence-electron chi connectivity index (χ0n) is 11.8. The van der Waals surface area contributed by atoms with Crippen LogP contribution in [-0.2, 0) is 4.79 Å². The molecule has 0 aliphatic carbocycles. The maximum absolute atomic E-state index is 12.1. The fourth-order valence-corrected chi connectivity index (χ4v) is 3.22. The van der Waals surface area contributed by atoms with Crippen molar-refractivity contribution in [1.82, 2.24) is 10.2 Å². The molecule has 2 N–H and O–H groups in total. The number of likely N-dealkylation sites (tertiary alicyclic amines) is 1. The Morgan fingerprint density at radius 1 is 1.35 bits per heavy atom. The van der Waals surface area contributed by atoms with Crippen molar-refractivity contribution >= 4 is 11.6 Å². The Kier molecular flexibility index (Phi) is 3.89. The highest BCUT2D eigenvalue weighted by atomic mass is 16.5. The van der Waals surface area contributed by atoms with Crippen molar-refractivity contribution in [2.45, 2.75) is 0 Å². The fraction of sp³-hybridized carbons (Fsp3) is 0.533. The molecule has 0 bridgehead atoms. The van der Waals surface area contributed by atoms with Crippen LogP contribution in [0.2, 0.25) is 0 Å². The highest BCUT2D eigenvalue weighted by Crippen LogP contribution is 2.26. The van der Waals surface area contributed by atoms with Crippen LogP contribution in [0.15, 0.2) is 24.3 Å². The van der Waals surface area contributed by atoms with Crippen molar-refractivity contribution in [2.75, 3.05) is 45.2 Å². The number of anilines is 1. The summed E-state index contributed by atoms with van der Waals surface area (Å²) in [6.07, 6.45) is 0. The topological polar surface area (TPSA) is 53.6 Å². The Hall–Kier alpha value is -1.59. The van der Waals surface area contributed by atoms with E-state index in [4.69, 9.17) is 4.74 Å². The second-order valence-corrected chi connectivity index (χ2v) is 5.62. The minimum Gasteiger partial charge on any atom is -0.495 e. The molecule has 2 atom stereocenters. The van der Waals surface area contributed by atoms with Gasteiger partial charge in [0.15, 0.2) is 0 Å². The molecule has 0 spiro atoms. The molecule has 0 aromatic heterocycles. The number of para-hydroxylation sites is 2. The van der Waals surface area contributed by atoms with E-state index >= 15 is 0 Å². The number of methoxy groups -OCH3 is 1. The van der Waals surface area contributed by atoms with E-state index in [9.17, 15) is 4.79 Å². The van der Waals surface area contributed by atoms with Crippen molar-refractivity contribution < 1.29 is 9.53 Å². The molecule has 1 amide bonds. The summed E-state index contributed by atoms with van der Waals surface area (Å²) in [7, 11) is 1.61. The highest BCUT2D eigenvalue weighted by Gasteiger charge is 2.36. The van der Waals surface area contributed by atoms with Crippen LogP contribution in [-0.4, -0.2) is 50.6 Å². The molecule has 2 saturated heterocycles. The molecule has 0 radical (unpaired) electrons. The standard InChI is InChI=1S/C15H21N3O2/c1-20-14-5-3-2-4-13(14)17-15(19)10-18-8-11-6-16-7-12(11)9-18/h2-5,11-12,16H,6-10H2,1H3,(H,17,19). The SMILES string of the molecule is COc1ccccc1NC(=O)CN1CC2CNCC2C1. The van der Waals surface area contributed by atoms with Gasteiger partial charge in [0.25, 0.3) is 0 Å². The molecule has 2 unspecified atom stereocenters. The van der Waals surface area contributed by atoms with Gasteiger partial charge in [-0.1, -0.05) is 12.1 Å².